The Labute approximate surface area is 86.5 Å². The Morgan fingerprint density at radius 2 is 1.93 bits per heavy atom. The van der Waals surface area contributed by atoms with Gasteiger partial charge in [0, 0.05) is 0 Å². The van der Waals surface area contributed by atoms with E-state index in [0.29, 0.717) is 17.4 Å². The summed E-state index contributed by atoms with van der Waals surface area (Å²) in [6, 6.07) is 0. The van der Waals surface area contributed by atoms with Gasteiger partial charge in [-0.25, -0.2) is 0 Å². The largest absolute Gasteiger partial charge is 0.454 e. The summed E-state index contributed by atoms with van der Waals surface area (Å²) in [6.45, 7) is 9.05. The van der Waals surface area contributed by atoms with E-state index in [1.54, 1.807) is 0 Å². The molecule has 4 aliphatic rings. The van der Waals surface area contributed by atoms with Crippen LogP contribution in [0.25, 0.3) is 0 Å². The second-order valence-corrected chi connectivity index (χ2v) is 6.04. The molecule has 78 valence electrons. The third-order valence-electron chi connectivity index (χ3n) is 5.08. The van der Waals surface area contributed by atoms with Crippen molar-refractivity contribution in [1.82, 2.24) is 0 Å². The molecule has 0 unspecified atom stereocenters. The van der Waals surface area contributed by atoms with Crippen molar-refractivity contribution in [2.24, 2.45) is 17.3 Å². The monoisotopic (exact) mass is 194 g/mol. The van der Waals surface area contributed by atoms with Gasteiger partial charge in [0.25, 0.3) is 0 Å². The molecule has 2 nitrogen and oxygen atoms in total. The number of hydrogen-bond donors (Lipinski definition) is 0. The Bertz CT molecular complexity index is 278. The van der Waals surface area contributed by atoms with Gasteiger partial charge in [-0.3, -0.25) is 0 Å². The van der Waals surface area contributed by atoms with E-state index in [1.165, 1.54) is 12.8 Å². The lowest BCUT2D eigenvalue weighted by molar-refractivity contribution is -0.199. The van der Waals surface area contributed by atoms with Crippen molar-refractivity contribution < 1.29 is 9.31 Å². The van der Waals surface area contributed by atoms with Gasteiger partial charge in [-0.05, 0) is 43.8 Å². The van der Waals surface area contributed by atoms with Crippen LogP contribution in [-0.4, -0.2) is 18.8 Å². The minimum atomic E-state index is -0.00231. The van der Waals surface area contributed by atoms with Crippen LogP contribution in [0, 0.1) is 17.3 Å². The van der Waals surface area contributed by atoms with Gasteiger partial charge < -0.3 is 9.31 Å². The molecule has 1 aliphatic heterocycles. The second-order valence-electron chi connectivity index (χ2n) is 6.04. The summed E-state index contributed by atoms with van der Waals surface area (Å²) in [5, 5.41) is 0. The second kappa shape index (κ2) is 2.38. The van der Waals surface area contributed by atoms with Crippen molar-refractivity contribution in [2.45, 2.75) is 52.1 Å². The maximum Gasteiger partial charge on any atom is 0.454 e. The van der Waals surface area contributed by atoms with Crippen molar-refractivity contribution in [3.8, 4) is 0 Å². The Kier molecular flexibility index (Phi) is 1.57. The molecule has 3 heteroatoms. The lowest BCUT2D eigenvalue weighted by Gasteiger charge is -2.64. The van der Waals surface area contributed by atoms with Crippen LogP contribution in [0.4, 0.5) is 0 Å². The molecule has 3 saturated carbocycles. The molecule has 0 aromatic heterocycles. The normalized spacial score (nSPS) is 54.0. The Morgan fingerprint density at radius 1 is 1.21 bits per heavy atom. The topological polar surface area (TPSA) is 18.5 Å². The molecule has 4 rings (SSSR count). The van der Waals surface area contributed by atoms with Gasteiger partial charge in [0.05, 0.1) is 11.7 Å². The molecule has 3 aliphatic carbocycles. The van der Waals surface area contributed by atoms with Crippen LogP contribution in [0.5, 0.6) is 0 Å². The number of rotatable bonds is 0. The molecule has 0 amide bonds. The Balaban J connectivity index is 1.95. The molecule has 1 heterocycles. The van der Waals surface area contributed by atoms with Gasteiger partial charge in [-0.2, -0.15) is 0 Å². The summed E-state index contributed by atoms with van der Waals surface area (Å²) < 4.78 is 11.9. The van der Waals surface area contributed by atoms with Crippen molar-refractivity contribution in [3.05, 3.63) is 0 Å². The van der Waals surface area contributed by atoms with E-state index >= 15 is 0 Å². The van der Waals surface area contributed by atoms with Gasteiger partial charge in [-0.1, -0.05) is 13.8 Å². The SMILES string of the molecule is CB1O[C@@H]2C[C@@H]3C[C@@H](C3(C)C)[C@]2(C)O1. The fraction of sp³-hybridized carbons (Fsp3) is 1.00. The highest BCUT2D eigenvalue weighted by atomic mass is 16.7. The van der Waals surface area contributed by atoms with Gasteiger partial charge >= 0.3 is 7.12 Å². The first-order valence-electron chi connectivity index (χ1n) is 5.78. The lowest BCUT2D eigenvalue weighted by atomic mass is 9.43. The summed E-state index contributed by atoms with van der Waals surface area (Å²) in [7, 11) is 0.000139. The van der Waals surface area contributed by atoms with E-state index in [2.05, 4.69) is 20.8 Å². The van der Waals surface area contributed by atoms with E-state index in [4.69, 9.17) is 9.31 Å². The standard InChI is InChI=1S/C11H19BO2/c1-10(2)7-5-8(10)11(3)9(6-7)13-12(4)14-11/h7-9H,5-6H2,1-4H3/t7-,8-,9+,11-/m0/s1. The van der Waals surface area contributed by atoms with E-state index in [1.807, 2.05) is 6.82 Å². The Hall–Kier alpha value is -0.0151. The predicted octanol–water partition coefficient (Wildman–Crippen LogP) is 2.34. The minimum Gasteiger partial charge on any atom is -0.406 e. The summed E-state index contributed by atoms with van der Waals surface area (Å²) in [6.07, 6.45) is 2.90. The molecule has 14 heavy (non-hydrogen) atoms. The molecular weight excluding hydrogens is 175 g/mol. The van der Waals surface area contributed by atoms with Crippen molar-refractivity contribution in [3.63, 3.8) is 0 Å². The highest BCUT2D eigenvalue weighted by Gasteiger charge is 2.67. The molecule has 1 saturated heterocycles. The molecule has 0 aromatic carbocycles. The lowest BCUT2D eigenvalue weighted by Crippen LogP contribution is -2.65. The van der Waals surface area contributed by atoms with Crippen molar-refractivity contribution >= 4 is 7.12 Å². The van der Waals surface area contributed by atoms with E-state index < -0.39 is 0 Å². The van der Waals surface area contributed by atoms with Crippen LogP contribution in [0.3, 0.4) is 0 Å². The molecule has 0 N–H and O–H groups in total. The first-order chi connectivity index (χ1) is 6.44. The molecule has 4 atom stereocenters. The maximum absolute atomic E-state index is 6.02. The fourth-order valence-electron chi connectivity index (χ4n) is 4.07. The summed E-state index contributed by atoms with van der Waals surface area (Å²) in [4.78, 5) is 0. The molecule has 0 spiro atoms. The summed E-state index contributed by atoms with van der Waals surface area (Å²) in [5.41, 5.74) is 0.469. The van der Waals surface area contributed by atoms with E-state index in [0.717, 1.165) is 5.92 Å². The Morgan fingerprint density at radius 3 is 2.57 bits per heavy atom. The van der Waals surface area contributed by atoms with Crippen LogP contribution >= 0.6 is 0 Å². The highest BCUT2D eigenvalue weighted by molar-refractivity contribution is 6.43. The quantitative estimate of drug-likeness (QED) is 0.551. The average Bonchev–Trinajstić information content (AvgIpc) is 2.37. The first-order valence-corrected chi connectivity index (χ1v) is 5.78. The van der Waals surface area contributed by atoms with Gasteiger partial charge in [-0.15, -0.1) is 0 Å². The first kappa shape index (κ1) is 9.23. The van der Waals surface area contributed by atoms with Gasteiger partial charge in [0.2, 0.25) is 0 Å². The van der Waals surface area contributed by atoms with Crippen LogP contribution in [-0.2, 0) is 9.31 Å². The van der Waals surface area contributed by atoms with E-state index in [-0.39, 0.29) is 12.7 Å². The third-order valence-corrected chi connectivity index (χ3v) is 5.08. The molecule has 0 aromatic rings. The van der Waals surface area contributed by atoms with Crippen LogP contribution < -0.4 is 0 Å². The smallest absolute Gasteiger partial charge is 0.406 e. The molecule has 2 bridgehead atoms. The third kappa shape index (κ3) is 0.861. The minimum absolute atomic E-state index is 0.000139. The van der Waals surface area contributed by atoms with Gasteiger partial charge in [0.1, 0.15) is 0 Å². The summed E-state index contributed by atoms with van der Waals surface area (Å²) >= 11 is 0. The van der Waals surface area contributed by atoms with Crippen LogP contribution in [0.2, 0.25) is 6.82 Å². The van der Waals surface area contributed by atoms with E-state index in [9.17, 15) is 0 Å². The fourth-order valence-corrected chi connectivity index (χ4v) is 4.07. The zero-order valence-corrected chi connectivity index (χ0v) is 9.54. The predicted molar refractivity (Wildman–Crippen MR) is 56.0 cm³/mol. The van der Waals surface area contributed by atoms with Crippen molar-refractivity contribution in [2.75, 3.05) is 0 Å². The van der Waals surface area contributed by atoms with Gasteiger partial charge in [0.15, 0.2) is 0 Å². The highest BCUT2D eigenvalue weighted by Crippen LogP contribution is 2.65. The summed E-state index contributed by atoms with van der Waals surface area (Å²) in [5.74, 6) is 1.56. The average molecular weight is 194 g/mol. The van der Waals surface area contributed by atoms with Crippen molar-refractivity contribution in [1.29, 1.82) is 0 Å². The molecular formula is C11H19BO2. The maximum atomic E-state index is 6.02. The number of hydrogen-bond acceptors (Lipinski definition) is 2. The molecule has 0 radical (unpaired) electrons. The van der Waals surface area contributed by atoms with Crippen LogP contribution in [0.1, 0.15) is 33.6 Å². The zero-order chi connectivity index (χ0) is 10.1. The van der Waals surface area contributed by atoms with Crippen LogP contribution in [0.15, 0.2) is 0 Å². The molecule has 4 fully saturated rings. The zero-order valence-electron chi connectivity index (χ0n) is 9.54.